The molecule has 0 atom stereocenters. The first-order valence-corrected chi connectivity index (χ1v) is 6.00. The maximum absolute atomic E-state index is 5.90. The fourth-order valence-electron chi connectivity index (χ4n) is 1.53. The molecule has 0 aliphatic rings. The summed E-state index contributed by atoms with van der Waals surface area (Å²) in [5.74, 6) is 0. The molecule has 4 heteroatoms. The SMILES string of the molecule is CC(C)(Nc1ccccc1N)c1nccs1. The van der Waals surface area contributed by atoms with E-state index in [0.717, 1.165) is 16.4 Å². The Bertz CT molecular complexity index is 463. The highest BCUT2D eigenvalue weighted by Crippen LogP contribution is 2.29. The van der Waals surface area contributed by atoms with Gasteiger partial charge in [-0.1, -0.05) is 12.1 Å². The van der Waals surface area contributed by atoms with Crippen molar-refractivity contribution in [3.8, 4) is 0 Å². The quantitative estimate of drug-likeness (QED) is 0.801. The molecule has 2 aromatic rings. The van der Waals surface area contributed by atoms with Crippen molar-refractivity contribution in [2.45, 2.75) is 19.4 Å². The van der Waals surface area contributed by atoms with Crippen LogP contribution in [-0.4, -0.2) is 4.98 Å². The molecule has 1 heterocycles. The zero-order chi connectivity index (χ0) is 11.6. The minimum atomic E-state index is -0.205. The molecule has 0 aliphatic carbocycles. The van der Waals surface area contributed by atoms with E-state index >= 15 is 0 Å². The number of hydrogen-bond donors (Lipinski definition) is 2. The van der Waals surface area contributed by atoms with Gasteiger partial charge in [0.15, 0.2) is 0 Å². The lowest BCUT2D eigenvalue weighted by atomic mass is 10.1. The number of anilines is 2. The first-order valence-electron chi connectivity index (χ1n) is 5.12. The lowest BCUT2D eigenvalue weighted by molar-refractivity contribution is 0.605. The van der Waals surface area contributed by atoms with Crippen molar-refractivity contribution in [1.82, 2.24) is 4.98 Å². The van der Waals surface area contributed by atoms with Crippen molar-refractivity contribution in [2.75, 3.05) is 11.1 Å². The van der Waals surface area contributed by atoms with Crippen LogP contribution in [0.15, 0.2) is 35.8 Å². The van der Waals surface area contributed by atoms with Gasteiger partial charge in [0.25, 0.3) is 0 Å². The van der Waals surface area contributed by atoms with E-state index in [1.807, 2.05) is 35.8 Å². The number of nitrogens with two attached hydrogens (primary N) is 1. The van der Waals surface area contributed by atoms with Crippen molar-refractivity contribution in [1.29, 1.82) is 0 Å². The van der Waals surface area contributed by atoms with E-state index in [1.54, 1.807) is 11.3 Å². The smallest absolute Gasteiger partial charge is 0.117 e. The number of aromatic nitrogens is 1. The van der Waals surface area contributed by atoms with Gasteiger partial charge in [-0.05, 0) is 26.0 Å². The second kappa shape index (κ2) is 4.14. The largest absolute Gasteiger partial charge is 0.397 e. The maximum atomic E-state index is 5.90. The van der Waals surface area contributed by atoms with Crippen LogP contribution in [-0.2, 0) is 5.54 Å². The van der Waals surface area contributed by atoms with E-state index in [0.29, 0.717) is 0 Å². The number of nitrogen functional groups attached to an aromatic ring is 1. The van der Waals surface area contributed by atoms with Crippen LogP contribution in [0.1, 0.15) is 18.9 Å². The monoisotopic (exact) mass is 233 g/mol. The summed E-state index contributed by atoms with van der Waals surface area (Å²) < 4.78 is 0. The van der Waals surface area contributed by atoms with Gasteiger partial charge in [0.2, 0.25) is 0 Å². The van der Waals surface area contributed by atoms with E-state index in [-0.39, 0.29) is 5.54 Å². The molecule has 0 amide bonds. The predicted octanol–water partition coefficient (Wildman–Crippen LogP) is 3.07. The van der Waals surface area contributed by atoms with Gasteiger partial charge in [-0.2, -0.15) is 0 Å². The molecule has 1 aromatic carbocycles. The molecule has 1 aromatic heterocycles. The molecule has 0 saturated heterocycles. The Balaban J connectivity index is 2.25. The lowest BCUT2D eigenvalue weighted by Crippen LogP contribution is -2.28. The average molecular weight is 233 g/mol. The van der Waals surface area contributed by atoms with Crippen LogP contribution >= 0.6 is 11.3 Å². The zero-order valence-electron chi connectivity index (χ0n) is 9.40. The summed E-state index contributed by atoms with van der Waals surface area (Å²) in [5.41, 5.74) is 7.40. The van der Waals surface area contributed by atoms with Crippen molar-refractivity contribution >= 4 is 22.7 Å². The molecule has 0 bridgehead atoms. The number of benzene rings is 1. The van der Waals surface area contributed by atoms with Gasteiger partial charge < -0.3 is 11.1 Å². The Morgan fingerprint density at radius 1 is 1.31 bits per heavy atom. The Labute approximate surface area is 99.3 Å². The van der Waals surface area contributed by atoms with E-state index in [2.05, 4.69) is 24.1 Å². The molecular weight excluding hydrogens is 218 g/mol. The summed E-state index contributed by atoms with van der Waals surface area (Å²) in [6, 6.07) is 7.76. The average Bonchev–Trinajstić information content (AvgIpc) is 2.75. The molecule has 0 radical (unpaired) electrons. The molecular formula is C12H15N3S. The number of rotatable bonds is 3. The third kappa shape index (κ3) is 2.17. The number of nitrogens with zero attached hydrogens (tertiary/aromatic N) is 1. The number of hydrogen-bond acceptors (Lipinski definition) is 4. The summed E-state index contributed by atoms with van der Waals surface area (Å²) in [4.78, 5) is 4.33. The van der Waals surface area contributed by atoms with Crippen LogP contribution in [0.4, 0.5) is 11.4 Å². The summed E-state index contributed by atoms with van der Waals surface area (Å²) in [6.45, 7) is 4.19. The van der Waals surface area contributed by atoms with Crippen molar-refractivity contribution in [3.63, 3.8) is 0 Å². The molecule has 0 aliphatic heterocycles. The zero-order valence-corrected chi connectivity index (χ0v) is 10.2. The molecule has 0 unspecified atom stereocenters. The second-order valence-corrected chi connectivity index (χ2v) is 5.07. The van der Waals surface area contributed by atoms with Crippen LogP contribution in [0.25, 0.3) is 0 Å². The van der Waals surface area contributed by atoms with Crippen molar-refractivity contribution < 1.29 is 0 Å². The minimum Gasteiger partial charge on any atom is -0.397 e. The summed E-state index contributed by atoms with van der Waals surface area (Å²) in [5, 5.41) is 6.44. The molecule has 0 fully saturated rings. The molecule has 3 nitrogen and oxygen atoms in total. The van der Waals surface area contributed by atoms with Gasteiger partial charge in [-0.3, -0.25) is 0 Å². The van der Waals surface area contributed by atoms with Gasteiger partial charge in [-0.25, -0.2) is 4.98 Å². The van der Waals surface area contributed by atoms with Gasteiger partial charge in [0, 0.05) is 11.6 Å². The standard InChI is InChI=1S/C12H15N3S/c1-12(2,11-14-7-8-16-11)15-10-6-4-3-5-9(10)13/h3-8,15H,13H2,1-2H3. The fourth-order valence-corrected chi connectivity index (χ4v) is 2.25. The normalized spacial score (nSPS) is 11.4. The highest BCUT2D eigenvalue weighted by atomic mass is 32.1. The molecule has 0 spiro atoms. The topological polar surface area (TPSA) is 50.9 Å². The van der Waals surface area contributed by atoms with Crippen molar-refractivity contribution in [3.05, 3.63) is 40.8 Å². The lowest BCUT2D eigenvalue weighted by Gasteiger charge is -2.26. The van der Waals surface area contributed by atoms with Gasteiger partial charge in [0.05, 0.1) is 16.9 Å². The summed E-state index contributed by atoms with van der Waals surface area (Å²) in [7, 11) is 0. The molecule has 2 rings (SSSR count). The highest BCUT2D eigenvalue weighted by molar-refractivity contribution is 7.09. The minimum absolute atomic E-state index is 0.205. The Morgan fingerprint density at radius 2 is 2.06 bits per heavy atom. The third-order valence-electron chi connectivity index (χ3n) is 2.37. The van der Waals surface area contributed by atoms with Crippen LogP contribution in [0.2, 0.25) is 0 Å². The summed E-state index contributed by atoms with van der Waals surface area (Å²) >= 11 is 1.64. The molecule has 84 valence electrons. The number of thiazole rings is 1. The van der Waals surface area contributed by atoms with Crippen LogP contribution in [0, 0.1) is 0 Å². The first-order chi connectivity index (χ1) is 7.59. The Kier molecular flexibility index (Phi) is 2.83. The van der Waals surface area contributed by atoms with Crippen LogP contribution in [0.5, 0.6) is 0 Å². The van der Waals surface area contributed by atoms with Gasteiger partial charge >= 0.3 is 0 Å². The van der Waals surface area contributed by atoms with E-state index < -0.39 is 0 Å². The van der Waals surface area contributed by atoms with Gasteiger partial charge in [0.1, 0.15) is 5.01 Å². The van der Waals surface area contributed by atoms with Crippen LogP contribution < -0.4 is 11.1 Å². The number of nitrogens with one attached hydrogen (secondary N) is 1. The predicted molar refractivity (Wildman–Crippen MR) is 69.6 cm³/mol. The molecule has 0 saturated carbocycles. The number of para-hydroxylation sites is 2. The molecule has 3 N–H and O–H groups in total. The Hall–Kier alpha value is -1.55. The maximum Gasteiger partial charge on any atom is 0.117 e. The van der Waals surface area contributed by atoms with E-state index in [1.165, 1.54) is 0 Å². The van der Waals surface area contributed by atoms with Crippen LogP contribution in [0.3, 0.4) is 0 Å². The fraction of sp³-hybridized carbons (Fsp3) is 0.250. The van der Waals surface area contributed by atoms with Gasteiger partial charge in [-0.15, -0.1) is 11.3 Å². The second-order valence-electron chi connectivity index (χ2n) is 4.17. The molecule has 16 heavy (non-hydrogen) atoms. The Morgan fingerprint density at radius 3 is 2.69 bits per heavy atom. The first kappa shape index (κ1) is 11.0. The van der Waals surface area contributed by atoms with E-state index in [4.69, 9.17) is 5.73 Å². The van der Waals surface area contributed by atoms with E-state index in [9.17, 15) is 0 Å². The van der Waals surface area contributed by atoms with Crippen molar-refractivity contribution in [2.24, 2.45) is 0 Å². The highest BCUT2D eigenvalue weighted by Gasteiger charge is 2.23. The third-order valence-corrected chi connectivity index (χ3v) is 3.47. The summed E-state index contributed by atoms with van der Waals surface area (Å²) in [6.07, 6.45) is 1.82.